The summed E-state index contributed by atoms with van der Waals surface area (Å²) >= 11 is 6.57. The molecule has 0 bridgehead atoms. The van der Waals surface area contributed by atoms with Crippen LogP contribution in [0.3, 0.4) is 0 Å². The first kappa shape index (κ1) is 15.4. The molecule has 0 saturated heterocycles. The third kappa shape index (κ3) is 2.71. The molecular formula is C15H14Br2O3. The van der Waals surface area contributed by atoms with Crippen molar-refractivity contribution in [2.75, 3.05) is 6.61 Å². The van der Waals surface area contributed by atoms with Gasteiger partial charge in [0.15, 0.2) is 0 Å². The molecule has 0 radical (unpaired) electrons. The highest BCUT2D eigenvalue weighted by atomic mass is 79.9. The molecule has 0 heterocycles. The monoisotopic (exact) mass is 400 g/mol. The van der Waals surface area contributed by atoms with Gasteiger partial charge in [-0.05, 0) is 74.2 Å². The van der Waals surface area contributed by atoms with E-state index >= 15 is 0 Å². The Bertz CT molecular complexity index is 590. The van der Waals surface area contributed by atoms with Crippen LogP contribution in [0.5, 0.6) is 11.5 Å². The minimum atomic E-state index is -0.632. The summed E-state index contributed by atoms with van der Waals surface area (Å²) in [5.41, 5.74) is 1.09. The molecule has 0 aliphatic heterocycles. The molecule has 0 aliphatic rings. The smallest absolute Gasteiger partial charge is 0.129 e. The topological polar surface area (TPSA) is 60.7 Å². The number of benzene rings is 2. The largest absolute Gasteiger partial charge is 0.507 e. The van der Waals surface area contributed by atoms with Gasteiger partial charge in [0.25, 0.3) is 0 Å². The van der Waals surface area contributed by atoms with Crippen LogP contribution in [0, 0.1) is 0 Å². The minimum Gasteiger partial charge on any atom is -0.507 e. The third-order valence-electron chi connectivity index (χ3n) is 3.49. The molecule has 0 spiro atoms. The van der Waals surface area contributed by atoms with E-state index < -0.39 is 5.41 Å². The van der Waals surface area contributed by atoms with E-state index in [1.807, 2.05) is 6.92 Å². The van der Waals surface area contributed by atoms with Crippen LogP contribution >= 0.6 is 31.9 Å². The van der Waals surface area contributed by atoms with E-state index in [2.05, 4.69) is 31.9 Å². The Kier molecular flexibility index (Phi) is 4.42. The predicted octanol–water partition coefficient (Wildman–Crippen LogP) is 3.92. The number of hydrogen-bond acceptors (Lipinski definition) is 3. The van der Waals surface area contributed by atoms with Crippen molar-refractivity contribution in [3.63, 3.8) is 0 Å². The summed E-state index contributed by atoms with van der Waals surface area (Å²) in [4.78, 5) is 0. The van der Waals surface area contributed by atoms with E-state index in [1.165, 1.54) is 0 Å². The molecule has 2 rings (SSSR count). The lowest BCUT2D eigenvalue weighted by atomic mass is 9.77. The molecule has 5 heteroatoms. The van der Waals surface area contributed by atoms with Crippen molar-refractivity contribution in [1.29, 1.82) is 0 Å². The number of halogens is 2. The summed E-state index contributed by atoms with van der Waals surface area (Å²) in [5, 5.41) is 29.0. The van der Waals surface area contributed by atoms with Crippen molar-refractivity contribution in [3.05, 3.63) is 56.5 Å². The molecule has 0 unspecified atom stereocenters. The van der Waals surface area contributed by atoms with Crippen molar-refractivity contribution in [2.45, 2.75) is 12.3 Å². The zero-order chi connectivity index (χ0) is 14.9. The van der Waals surface area contributed by atoms with Gasteiger partial charge in [-0.1, -0.05) is 12.1 Å². The molecular weight excluding hydrogens is 388 g/mol. The molecule has 0 atom stereocenters. The number of aliphatic hydroxyl groups excluding tert-OH is 1. The average Bonchev–Trinajstić information content (AvgIpc) is 2.44. The minimum absolute atomic E-state index is 0.0958. The van der Waals surface area contributed by atoms with E-state index in [-0.39, 0.29) is 18.1 Å². The standard InChI is InChI=1S/C15H14Br2O3/c1-15(8-18,9-2-4-13(19)11(16)6-9)10-3-5-14(20)12(17)7-10/h2-7,18-20H,8H2,1H3. The number of phenols is 2. The maximum Gasteiger partial charge on any atom is 0.129 e. The summed E-state index contributed by atoms with van der Waals surface area (Å²) < 4.78 is 1.15. The summed E-state index contributed by atoms with van der Waals surface area (Å²) in [7, 11) is 0. The Labute approximate surface area is 134 Å². The Hall–Kier alpha value is -1.04. The first-order valence-electron chi connectivity index (χ1n) is 5.97. The zero-order valence-corrected chi connectivity index (χ0v) is 13.9. The van der Waals surface area contributed by atoms with Gasteiger partial charge >= 0.3 is 0 Å². The summed E-state index contributed by atoms with van der Waals surface area (Å²) in [5.74, 6) is 0.307. The molecule has 0 fully saturated rings. The van der Waals surface area contributed by atoms with Crippen molar-refractivity contribution >= 4 is 31.9 Å². The van der Waals surface area contributed by atoms with E-state index in [4.69, 9.17) is 0 Å². The third-order valence-corrected chi connectivity index (χ3v) is 4.76. The van der Waals surface area contributed by atoms with Gasteiger partial charge < -0.3 is 15.3 Å². The lowest BCUT2D eigenvalue weighted by Gasteiger charge is -2.29. The molecule has 0 aliphatic carbocycles. The molecule has 106 valence electrons. The first-order chi connectivity index (χ1) is 9.38. The Morgan fingerprint density at radius 3 is 1.60 bits per heavy atom. The number of aliphatic hydroxyl groups is 1. The molecule has 0 saturated carbocycles. The molecule has 2 aromatic carbocycles. The van der Waals surface area contributed by atoms with Crippen LogP contribution in [0.1, 0.15) is 18.1 Å². The Morgan fingerprint density at radius 2 is 1.30 bits per heavy atom. The van der Waals surface area contributed by atoms with Crippen LogP contribution in [0.2, 0.25) is 0 Å². The number of aromatic hydroxyl groups is 2. The number of hydrogen-bond donors (Lipinski definition) is 3. The normalized spacial score (nSPS) is 11.6. The molecule has 3 N–H and O–H groups in total. The van der Waals surface area contributed by atoms with Gasteiger partial charge in [0.2, 0.25) is 0 Å². The Morgan fingerprint density at radius 1 is 0.900 bits per heavy atom. The maximum absolute atomic E-state index is 9.86. The summed E-state index contributed by atoms with van der Waals surface area (Å²) in [6.07, 6.45) is 0. The highest BCUT2D eigenvalue weighted by Gasteiger charge is 2.29. The second-order valence-electron chi connectivity index (χ2n) is 4.82. The van der Waals surface area contributed by atoms with Gasteiger partial charge in [0.05, 0.1) is 15.6 Å². The second kappa shape index (κ2) is 5.76. The van der Waals surface area contributed by atoms with Crippen LogP contribution in [-0.4, -0.2) is 21.9 Å². The fourth-order valence-electron chi connectivity index (χ4n) is 2.05. The highest BCUT2D eigenvalue weighted by molar-refractivity contribution is 9.10. The number of rotatable bonds is 3. The van der Waals surface area contributed by atoms with Crippen molar-refractivity contribution < 1.29 is 15.3 Å². The highest BCUT2D eigenvalue weighted by Crippen LogP contribution is 2.38. The molecule has 0 amide bonds. The van der Waals surface area contributed by atoms with Gasteiger partial charge in [0.1, 0.15) is 11.5 Å². The van der Waals surface area contributed by atoms with Gasteiger partial charge in [-0.25, -0.2) is 0 Å². The second-order valence-corrected chi connectivity index (χ2v) is 6.53. The van der Waals surface area contributed by atoms with Crippen molar-refractivity contribution in [1.82, 2.24) is 0 Å². The van der Waals surface area contributed by atoms with Crippen LogP contribution in [0.15, 0.2) is 45.3 Å². The van der Waals surface area contributed by atoms with E-state index in [0.717, 1.165) is 11.1 Å². The van der Waals surface area contributed by atoms with E-state index in [9.17, 15) is 15.3 Å². The molecule has 3 nitrogen and oxygen atoms in total. The average molecular weight is 402 g/mol. The lowest BCUT2D eigenvalue weighted by molar-refractivity contribution is 0.231. The fourth-order valence-corrected chi connectivity index (χ4v) is 2.81. The summed E-state index contributed by atoms with van der Waals surface area (Å²) in [6, 6.07) is 10.3. The lowest BCUT2D eigenvalue weighted by Crippen LogP contribution is -2.28. The van der Waals surface area contributed by atoms with Gasteiger partial charge in [-0.2, -0.15) is 0 Å². The molecule has 2 aromatic rings. The van der Waals surface area contributed by atoms with Gasteiger partial charge in [-0.15, -0.1) is 0 Å². The van der Waals surface area contributed by atoms with Crippen LogP contribution in [0.4, 0.5) is 0 Å². The van der Waals surface area contributed by atoms with Gasteiger partial charge in [0, 0.05) is 5.41 Å². The van der Waals surface area contributed by atoms with Crippen molar-refractivity contribution in [2.24, 2.45) is 0 Å². The van der Waals surface area contributed by atoms with Crippen LogP contribution in [0.25, 0.3) is 0 Å². The van der Waals surface area contributed by atoms with Crippen LogP contribution in [-0.2, 0) is 5.41 Å². The van der Waals surface area contributed by atoms with E-state index in [1.54, 1.807) is 36.4 Å². The summed E-state index contributed by atoms with van der Waals surface area (Å²) in [6.45, 7) is 1.81. The number of phenolic OH excluding ortho intramolecular Hbond substituents is 2. The first-order valence-corrected chi connectivity index (χ1v) is 7.56. The van der Waals surface area contributed by atoms with Crippen molar-refractivity contribution in [3.8, 4) is 11.5 Å². The van der Waals surface area contributed by atoms with E-state index in [0.29, 0.717) is 8.95 Å². The SMILES string of the molecule is CC(CO)(c1ccc(O)c(Br)c1)c1ccc(O)c(Br)c1. The maximum atomic E-state index is 9.86. The zero-order valence-electron chi connectivity index (χ0n) is 10.8. The fraction of sp³-hybridized carbons (Fsp3) is 0.200. The predicted molar refractivity (Wildman–Crippen MR) is 85.2 cm³/mol. The molecule has 0 aromatic heterocycles. The quantitative estimate of drug-likeness (QED) is 0.730. The van der Waals surface area contributed by atoms with Gasteiger partial charge in [-0.3, -0.25) is 0 Å². The Balaban J connectivity index is 2.57. The molecule has 20 heavy (non-hydrogen) atoms. The van der Waals surface area contributed by atoms with Crippen LogP contribution < -0.4 is 0 Å².